The molecule has 0 saturated heterocycles. The molecule has 6 heteroatoms. The van der Waals surface area contributed by atoms with Crippen molar-refractivity contribution >= 4 is 5.97 Å². The second-order valence-electron chi connectivity index (χ2n) is 3.32. The smallest absolute Gasteiger partial charge is 0.343 e. The fraction of sp³-hybridized carbons (Fsp3) is 0.400. The highest BCUT2D eigenvalue weighted by atomic mass is 16.5. The number of aromatic nitrogens is 1. The van der Waals surface area contributed by atoms with Crippen molar-refractivity contribution in [2.45, 2.75) is 6.92 Å². The van der Waals surface area contributed by atoms with Crippen LogP contribution in [-0.4, -0.2) is 36.5 Å². The number of esters is 1. The Hall–Kier alpha value is -1.98. The summed E-state index contributed by atoms with van der Waals surface area (Å²) in [7, 11) is 3.29. The van der Waals surface area contributed by atoms with Gasteiger partial charge < -0.3 is 14.9 Å². The average molecular weight is 226 g/mol. The van der Waals surface area contributed by atoms with E-state index in [0.29, 0.717) is 0 Å². The molecule has 0 aliphatic carbocycles. The van der Waals surface area contributed by atoms with Crippen molar-refractivity contribution < 1.29 is 14.6 Å². The first kappa shape index (κ1) is 12.1. The van der Waals surface area contributed by atoms with Crippen molar-refractivity contribution in [2.75, 3.05) is 25.7 Å². The zero-order valence-electron chi connectivity index (χ0n) is 9.43. The monoisotopic (exact) mass is 226 g/mol. The number of aromatic hydroxyl groups is 1. The number of ether oxygens (including phenoxy) is 1. The molecule has 0 saturated carbocycles. The standard InChI is InChI=1S/C10H14N2O4/c1-4-16-10(15)7-6-12(11(2)3)9(14)5-8(7)13/h5-6,13H,4H2,1-3H3. The van der Waals surface area contributed by atoms with E-state index in [9.17, 15) is 14.7 Å². The zero-order chi connectivity index (χ0) is 12.3. The van der Waals surface area contributed by atoms with Crippen LogP contribution in [0.15, 0.2) is 17.1 Å². The summed E-state index contributed by atoms with van der Waals surface area (Å²) in [5.41, 5.74) is -0.453. The number of carbonyl (C=O) groups excluding carboxylic acids is 1. The minimum atomic E-state index is -0.657. The third kappa shape index (κ3) is 2.33. The molecule has 1 N–H and O–H groups in total. The number of hydrogen-bond donors (Lipinski definition) is 1. The molecule has 0 aliphatic rings. The van der Waals surface area contributed by atoms with Gasteiger partial charge in [0.1, 0.15) is 11.3 Å². The minimum Gasteiger partial charge on any atom is -0.507 e. The summed E-state index contributed by atoms with van der Waals surface area (Å²) >= 11 is 0. The van der Waals surface area contributed by atoms with Crippen molar-refractivity contribution in [3.8, 4) is 5.75 Å². The molecule has 0 aromatic carbocycles. The quantitative estimate of drug-likeness (QED) is 0.730. The van der Waals surface area contributed by atoms with Gasteiger partial charge in [0.25, 0.3) is 5.56 Å². The van der Waals surface area contributed by atoms with E-state index in [4.69, 9.17) is 4.74 Å². The van der Waals surface area contributed by atoms with Crippen LogP contribution in [0.4, 0.5) is 0 Å². The Morgan fingerprint density at radius 2 is 2.19 bits per heavy atom. The van der Waals surface area contributed by atoms with Gasteiger partial charge in [-0.3, -0.25) is 4.79 Å². The van der Waals surface area contributed by atoms with Crippen LogP contribution in [-0.2, 0) is 4.74 Å². The van der Waals surface area contributed by atoms with E-state index >= 15 is 0 Å². The van der Waals surface area contributed by atoms with Crippen LogP contribution >= 0.6 is 0 Å². The lowest BCUT2D eigenvalue weighted by Gasteiger charge is -2.16. The highest BCUT2D eigenvalue weighted by Crippen LogP contribution is 2.14. The van der Waals surface area contributed by atoms with E-state index in [0.717, 1.165) is 6.07 Å². The molecule has 0 bridgehead atoms. The average Bonchev–Trinajstić information content (AvgIpc) is 2.17. The summed E-state index contributed by atoms with van der Waals surface area (Å²) in [6.07, 6.45) is 1.25. The number of hydrogen-bond acceptors (Lipinski definition) is 5. The maximum Gasteiger partial charge on any atom is 0.343 e. The Morgan fingerprint density at radius 3 is 2.69 bits per heavy atom. The fourth-order valence-electron chi connectivity index (χ4n) is 1.19. The van der Waals surface area contributed by atoms with E-state index in [1.807, 2.05) is 0 Å². The largest absolute Gasteiger partial charge is 0.507 e. The molecule has 88 valence electrons. The molecular weight excluding hydrogens is 212 g/mol. The fourth-order valence-corrected chi connectivity index (χ4v) is 1.19. The second kappa shape index (κ2) is 4.69. The van der Waals surface area contributed by atoms with E-state index < -0.39 is 11.5 Å². The Balaban J connectivity index is 3.25. The lowest BCUT2D eigenvalue weighted by atomic mass is 10.2. The van der Waals surface area contributed by atoms with Crippen molar-refractivity contribution in [3.63, 3.8) is 0 Å². The Bertz CT molecular complexity index is 451. The van der Waals surface area contributed by atoms with Gasteiger partial charge in [-0.25, -0.2) is 9.47 Å². The summed E-state index contributed by atoms with van der Waals surface area (Å²) in [6.45, 7) is 1.87. The first-order valence-corrected chi connectivity index (χ1v) is 4.77. The summed E-state index contributed by atoms with van der Waals surface area (Å²) in [5, 5.41) is 11.0. The Kier molecular flexibility index (Phi) is 3.55. The molecular formula is C10H14N2O4. The van der Waals surface area contributed by atoms with Crippen LogP contribution in [0.2, 0.25) is 0 Å². The van der Waals surface area contributed by atoms with E-state index in [1.165, 1.54) is 15.9 Å². The third-order valence-corrected chi connectivity index (χ3v) is 1.94. The zero-order valence-corrected chi connectivity index (χ0v) is 9.43. The van der Waals surface area contributed by atoms with E-state index in [-0.39, 0.29) is 17.9 Å². The van der Waals surface area contributed by atoms with Gasteiger partial charge in [0.05, 0.1) is 6.61 Å². The third-order valence-electron chi connectivity index (χ3n) is 1.94. The molecule has 0 amide bonds. The van der Waals surface area contributed by atoms with Crippen LogP contribution in [0, 0.1) is 0 Å². The van der Waals surface area contributed by atoms with Crippen molar-refractivity contribution in [1.29, 1.82) is 0 Å². The molecule has 0 unspecified atom stereocenters. The predicted molar refractivity (Wildman–Crippen MR) is 58.4 cm³/mol. The Morgan fingerprint density at radius 1 is 1.56 bits per heavy atom. The van der Waals surface area contributed by atoms with Crippen LogP contribution in [0.5, 0.6) is 5.75 Å². The van der Waals surface area contributed by atoms with Crippen LogP contribution in [0.25, 0.3) is 0 Å². The number of nitrogens with zero attached hydrogens (tertiary/aromatic N) is 2. The van der Waals surface area contributed by atoms with Gasteiger partial charge in [-0.15, -0.1) is 0 Å². The molecule has 0 aliphatic heterocycles. The first-order chi connectivity index (χ1) is 7.47. The second-order valence-corrected chi connectivity index (χ2v) is 3.32. The van der Waals surface area contributed by atoms with Crippen molar-refractivity contribution in [3.05, 3.63) is 28.2 Å². The number of carbonyl (C=O) groups is 1. The summed E-state index contributed by atoms with van der Waals surface area (Å²) in [4.78, 5) is 22.9. The van der Waals surface area contributed by atoms with Crippen LogP contribution < -0.4 is 10.6 Å². The minimum absolute atomic E-state index is 0.0323. The lowest BCUT2D eigenvalue weighted by Crippen LogP contribution is -2.35. The van der Waals surface area contributed by atoms with E-state index in [2.05, 4.69) is 0 Å². The van der Waals surface area contributed by atoms with Gasteiger partial charge in [0.15, 0.2) is 0 Å². The highest BCUT2D eigenvalue weighted by molar-refractivity contribution is 5.91. The molecule has 6 nitrogen and oxygen atoms in total. The molecule has 1 rings (SSSR count). The highest BCUT2D eigenvalue weighted by Gasteiger charge is 2.15. The van der Waals surface area contributed by atoms with Gasteiger partial charge in [-0.1, -0.05) is 0 Å². The number of pyridine rings is 1. The van der Waals surface area contributed by atoms with Crippen LogP contribution in [0.3, 0.4) is 0 Å². The molecule has 0 radical (unpaired) electrons. The summed E-state index contributed by atoms with van der Waals surface area (Å²) < 4.78 is 5.95. The SMILES string of the molecule is CCOC(=O)c1cn(N(C)C)c(=O)cc1O. The summed E-state index contributed by atoms with van der Waals surface area (Å²) in [5.74, 6) is -1.03. The first-order valence-electron chi connectivity index (χ1n) is 4.77. The van der Waals surface area contributed by atoms with Gasteiger partial charge >= 0.3 is 5.97 Å². The van der Waals surface area contributed by atoms with E-state index in [1.54, 1.807) is 21.0 Å². The topological polar surface area (TPSA) is 71.8 Å². The van der Waals surface area contributed by atoms with Crippen LogP contribution in [0.1, 0.15) is 17.3 Å². The maximum atomic E-state index is 11.4. The Labute approximate surface area is 92.6 Å². The van der Waals surface area contributed by atoms with Gasteiger partial charge in [0.2, 0.25) is 0 Å². The van der Waals surface area contributed by atoms with Gasteiger partial charge in [0, 0.05) is 26.4 Å². The predicted octanol–water partition coefficient (Wildman–Crippen LogP) is -0.0718. The molecule has 0 fully saturated rings. The molecule has 16 heavy (non-hydrogen) atoms. The van der Waals surface area contributed by atoms with Crippen molar-refractivity contribution in [2.24, 2.45) is 0 Å². The molecule has 0 atom stereocenters. The normalized spacial score (nSPS) is 9.94. The van der Waals surface area contributed by atoms with Gasteiger partial charge in [-0.05, 0) is 6.92 Å². The maximum absolute atomic E-state index is 11.4. The molecule has 1 aromatic heterocycles. The molecule has 1 aromatic rings. The van der Waals surface area contributed by atoms with Gasteiger partial charge in [-0.2, -0.15) is 0 Å². The molecule has 0 spiro atoms. The summed E-state index contributed by atoms with van der Waals surface area (Å²) in [6, 6.07) is 0.978. The van der Waals surface area contributed by atoms with Crippen molar-refractivity contribution in [1.82, 2.24) is 4.68 Å². The molecule has 1 heterocycles. The lowest BCUT2D eigenvalue weighted by molar-refractivity contribution is 0.0522. The number of rotatable bonds is 3.